The average Bonchev–Trinajstić information content (AvgIpc) is 2.81. The van der Waals surface area contributed by atoms with Gasteiger partial charge in [-0.15, -0.1) is 0 Å². The van der Waals surface area contributed by atoms with Crippen molar-refractivity contribution >= 4 is 23.3 Å². The van der Waals surface area contributed by atoms with E-state index in [0.29, 0.717) is 16.1 Å². The zero-order chi connectivity index (χ0) is 24.6. The quantitative estimate of drug-likeness (QED) is 0.228. The monoisotopic (exact) mass is 483 g/mol. The Morgan fingerprint density at radius 2 is 1.53 bits per heavy atom. The number of benzene rings is 3. The van der Waals surface area contributed by atoms with Gasteiger partial charge in [-0.2, -0.15) is 13.2 Å². The van der Waals surface area contributed by atoms with E-state index in [-0.39, 0.29) is 17.9 Å². The van der Waals surface area contributed by atoms with E-state index in [2.05, 4.69) is 16.8 Å². The summed E-state index contributed by atoms with van der Waals surface area (Å²) in [5.41, 5.74) is -1.82. The van der Waals surface area contributed by atoms with Gasteiger partial charge in [0.05, 0.1) is 18.7 Å². The molecule has 0 radical (unpaired) electrons. The summed E-state index contributed by atoms with van der Waals surface area (Å²) in [6, 6.07) is 23.1. The van der Waals surface area contributed by atoms with Crippen LogP contribution in [0.1, 0.15) is 30.0 Å². The highest BCUT2D eigenvalue weighted by atomic mass is 35.5. The van der Waals surface area contributed by atoms with Crippen molar-refractivity contribution < 1.29 is 22.7 Å². The number of rotatable bonds is 6. The van der Waals surface area contributed by atoms with Crippen LogP contribution in [0, 0.1) is 11.8 Å². The summed E-state index contributed by atoms with van der Waals surface area (Å²) in [7, 11) is 0. The summed E-state index contributed by atoms with van der Waals surface area (Å²) in [4.78, 5) is 16.5. The number of carbonyl (C=O) groups excluding carboxylic acids is 1. The number of alkyl halides is 3. The van der Waals surface area contributed by atoms with E-state index in [9.17, 15) is 18.0 Å². The van der Waals surface area contributed by atoms with Gasteiger partial charge in [-0.25, -0.2) is 0 Å². The highest BCUT2D eigenvalue weighted by Crippen LogP contribution is 2.38. The van der Waals surface area contributed by atoms with E-state index in [1.807, 2.05) is 0 Å². The maximum absolute atomic E-state index is 14.7. The number of hydrogen-bond donors (Lipinski definition) is 0. The standard InChI is InChI=1S/C27H21ClF3NO2/c1-2-34-24(33)19-26(27(29,30)31,17-16-20-10-9-15-23(28)18-20)32-25(21-11-5-3-6-12-21)22-13-7-4-8-14-22/h3-15,18H,2,19H2,1H3. The molecule has 3 aromatic carbocycles. The van der Waals surface area contributed by atoms with Crippen molar-refractivity contribution in [3.63, 3.8) is 0 Å². The molecule has 3 nitrogen and oxygen atoms in total. The van der Waals surface area contributed by atoms with Crippen LogP contribution in [0.5, 0.6) is 0 Å². The molecule has 0 heterocycles. The van der Waals surface area contributed by atoms with Crippen molar-refractivity contribution in [3.8, 4) is 11.8 Å². The fourth-order valence-electron chi connectivity index (χ4n) is 3.19. The van der Waals surface area contributed by atoms with Crippen molar-refractivity contribution in [1.82, 2.24) is 0 Å². The lowest BCUT2D eigenvalue weighted by Gasteiger charge is -2.28. The van der Waals surface area contributed by atoms with Crippen LogP contribution in [-0.4, -0.2) is 30.0 Å². The molecule has 0 aliphatic rings. The van der Waals surface area contributed by atoms with Crippen molar-refractivity contribution in [2.45, 2.75) is 25.1 Å². The van der Waals surface area contributed by atoms with E-state index in [0.717, 1.165) is 0 Å². The number of ether oxygens (including phenoxy) is 1. The Hall–Kier alpha value is -3.56. The Labute approximate surface area is 201 Å². The predicted molar refractivity (Wildman–Crippen MR) is 127 cm³/mol. The van der Waals surface area contributed by atoms with Gasteiger partial charge in [-0.05, 0) is 25.1 Å². The van der Waals surface area contributed by atoms with Gasteiger partial charge in [0.15, 0.2) is 0 Å². The second kappa shape index (κ2) is 11.0. The van der Waals surface area contributed by atoms with Gasteiger partial charge in [0.2, 0.25) is 5.54 Å². The zero-order valence-corrected chi connectivity index (χ0v) is 19.0. The van der Waals surface area contributed by atoms with Gasteiger partial charge < -0.3 is 4.74 Å². The molecule has 0 fully saturated rings. The minimum Gasteiger partial charge on any atom is -0.466 e. The molecule has 0 bridgehead atoms. The van der Waals surface area contributed by atoms with Crippen molar-refractivity contribution in [3.05, 3.63) is 107 Å². The third-order valence-corrected chi connectivity index (χ3v) is 5.04. The molecule has 3 aromatic rings. The van der Waals surface area contributed by atoms with Crippen molar-refractivity contribution in [2.75, 3.05) is 6.61 Å². The summed E-state index contributed by atoms with van der Waals surface area (Å²) in [5, 5.41) is 0.326. The Morgan fingerprint density at radius 1 is 0.941 bits per heavy atom. The topological polar surface area (TPSA) is 38.7 Å². The molecule has 1 unspecified atom stereocenters. The molecule has 1 atom stereocenters. The highest BCUT2D eigenvalue weighted by Gasteiger charge is 2.56. The number of carbonyl (C=O) groups is 1. The molecule has 0 amide bonds. The number of aliphatic imine (C=N–C) groups is 1. The molecule has 0 saturated carbocycles. The Kier molecular flexibility index (Phi) is 8.14. The van der Waals surface area contributed by atoms with Gasteiger partial charge in [-0.3, -0.25) is 9.79 Å². The van der Waals surface area contributed by atoms with Crippen LogP contribution in [0.15, 0.2) is 89.9 Å². The molecule has 0 aliphatic heterocycles. The van der Waals surface area contributed by atoms with Crippen LogP contribution in [0.4, 0.5) is 13.2 Å². The lowest BCUT2D eigenvalue weighted by atomic mass is 9.92. The van der Waals surface area contributed by atoms with Crippen LogP contribution in [0.3, 0.4) is 0 Å². The summed E-state index contributed by atoms with van der Waals surface area (Å²) in [5.74, 6) is 3.72. The van der Waals surface area contributed by atoms with Gasteiger partial charge >= 0.3 is 12.1 Å². The van der Waals surface area contributed by atoms with Gasteiger partial charge in [0, 0.05) is 21.7 Å². The molecular weight excluding hydrogens is 463 g/mol. The number of hydrogen-bond acceptors (Lipinski definition) is 3. The molecule has 0 aromatic heterocycles. The van der Waals surface area contributed by atoms with Crippen LogP contribution >= 0.6 is 11.6 Å². The first kappa shape index (κ1) is 25.1. The van der Waals surface area contributed by atoms with Gasteiger partial charge in [0.25, 0.3) is 0 Å². The molecule has 0 N–H and O–H groups in total. The summed E-state index contributed by atoms with van der Waals surface area (Å²) in [6.45, 7) is 1.45. The molecule has 3 rings (SSSR count). The fraction of sp³-hybridized carbons (Fsp3) is 0.185. The smallest absolute Gasteiger partial charge is 0.425 e. The Balaban J connectivity index is 2.29. The Morgan fingerprint density at radius 3 is 2.03 bits per heavy atom. The summed E-state index contributed by atoms with van der Waals surface area (Å²) < 4.78 is 49.0. The van der Waals surface area contributed by atoms with Crippen LogP contribution in [0.25, 0.3) is 0 Å². The molecule has 174 valence electrons. The van der Waals surface area contributed by atoms with E-state index >= 15 is 0 Å². The molecule has 7 heteroatoms. The maximum Gasteiger partial charge on any atom is 0.425 e. The fourth-order valence-corrected chi connectivity index (χ4v) is 3.38. The van der Waals surface area contributed by atoms with Gasteiger partial charge in [0.1, 0.15) is 0 Å². The minimum absolute atomic E-state index is 0.0585. The number of esters is 1. The third kappa shape index (κ3) is 6.27. The normalized spacial score (nSPS) is 12.6. The second-order valence-corrected chi connectivity index (χ2v) is 7.73. The maximum atomic E-state index is 14.7. The molecular formula is C27H21ClF3NO2. The van der Waals surface area contributed by atoms with Crippen LogP contribution < -0.4 is 0 Å². The largest absolute Gasteiger partial charge is 0.466 e. The lowest BCUT2D eigenvalue weighted by molar-refractivity contribution is -0.178. The third-order valence-electron chi connectivity index (χ3n) is 4.81. The first-order valence-corrected chi connectivity index (χ1v) is 10.8. The first-order chi connectivity index (χ1) is 16.2. The number of nitrogens with zero attached hydrogens (tertiary/aromatic N) is 1. The second-order valence-electron chi connectivity index (χ2n) is 7.29. The highest BCUT2D eigenvalue weighted by molar-refractivity contribution is 6.30. The SMILES string of the molecule is CCOC(=O)CC(C#Cc1cccc(Cl)c1)(N=C(c1ccccc1)c1ccccc1)C(F)(F)F. The average molecular weight is 484 g/mol. The zero-order valence-electron chi connectivity index (χ0n) is 18.3. The lowest BCUT2D eigenvalue weighted by Crippen LogP contribution is -2.45. The van der Waals surface area contributed by atoms with E-state index in [4.69, 9.17) is 16.3 Å². The Bertz CT molecular complexity index is 1170. The molecule has 0 saturated heterocycles. The van der Waals surface area contributed by atoms with Crippen LogP contribution in [-0.2, 0) is 9.53 Å². The molecule has 34 heavy (non-hydrogen) atoms. The minimum atomic E-state index is -4.99. The van der Waals surface area contributed by atoms with E-state index < -0.39 is 24.1 Å². The van der Waals surface area contributed by atoms with E-state index in [1.54, 1.807) is 72.8 Å². The molecule has 0 aliphatic carbocycles. The number of halogens is 4. The van der Waals surface area contributed by atoms with Gasteiger partial charge in [-0.1, -0.05) is 90.2 Å². The molecule has 0 spiro atoms. The van der Waals surface area contributed by atoms with Crippen molar-refractivity contribution in [1.29, 1.82) is 0 Å². The van der Waals surface area contributed by atoms with E-state index in [1.165, 1.54) is 19.1 Å². The van der Waals surface area contributed by atoms with Crippen molar-refractivity contribution in [2.24, 2.45) is 4.99 Å². The predicted octanol–water partition coefficient (Wildman–Crippen LogP) is 6.48. The van der Waals surface area contributed by atoms with Crippen LogP contribution in [0.2, 0.25) is 5.02 Å². The summed E-state index contributed by atoms with van der Waals surface area (Å²) >= 11 is 5.96. The summed E-state index contributed by atoms with van der Waals surface area (Å²) in [6.07, 6.45) is -6.08. The first-order valence-electron chi connectivity index (χ1n) is 10.5.